The predicted molar refractivity (Wildman–Crippen MR) is 203 cm³/mol. The fraction of sp³-hybridized carbons (Fsp3) is 0.268. The Balaban J connectivity index is 0.904. The monoisotopic (exact) mass is 756 g/mol. The van der Waals surface area contributed by atoms with Crippen LogP contribution >= 0.6 is 22.9 Å². The minimum absolute atomic E-state index is 0.158. The van der Waals surface area contributed by atoms with E-state index in [9.17, 15) is 19.2 Å². The van der Waals surface area contributed by atoms with Crippen LogP contribution in [0.5, 0.6) is 5.75 Å². The summed E-state index contributed by atoms with van der Waals surface area (Å²) in [4.78, 5) is 62.2. The molecule has 0 spiro atoms. The standard InChI is InChI=1S/C41H33ClN6O5S/c1-23-34(54-41-36(23)38(26-10-12-27(42)13-11-26)44-22-35-46-45-24(2)47(35)41)18-15-28-14-9-25(21-43-28)6-3-4-19-53-33-8-5-7-30-37(33)40(52)48(39(30)51)31-17-16-29(49)20-32(31)50/h5,7-14,21,31H,3-4,6,16-17,19-20,22H2,1-2H3. The minimum atomic E-state index is -0.916. The smallest absolute Gasteiger partial charge is 0.266 e. The maximum Gasteiger partial charge on any atom is 0.266 e. The number of halogens is 1. The number of unbranched alkanes of at least 4 members (excludes halogenated alkanes) is 1. The SMILES string of the molecule is Cc1c(C#Cc2ccc(CCCCOc3cccc4c3C(=O)N(C3CCC(=O)CC3=O)C4=O)cn2)sc2c1C(c1ccc(Cl)cc1)=NCc1nnc(C)n1-2. The van der Waals surface area contributed by atoms with Gasteiger partial charge in [-0.2, -0.15) is 0 Å². The van der Waals surface area contributed by atoms with Crippen molar-refractivity contribution < 1.29 is 23.9 Å². The number of thiophene rings is 1. The maximum absolute atomic E-state index is 13.3. The normalized spacial score (nSPS) is 16.3. The Morgan fingerprint density at radius 2 is 1.78 bits per heavy atom. The first-order chi connectivity index (χ1) is 26.2. The Morgan fingerprint density at radius 1 is 0.944 bits per heavy atom. The number of benzene rings is 2. The van der Waals surface area contributed by atoms with Gasteiger partial charge in [0.25, 0.3) is 11.8 Å². The first kappa shape index (κ1) is 35.3. The van der Waals surface area contributed by atoms with Gasteiger partial charge < -0.3 is 4.74 Å². The number of aliphatic imine (C=N–C) groups is 1. The molecular formula is C41H33ClN6O5S. The summed E-state index contributed by atoms with van der Waals surface area (Å²) < 4.78 is 8.05. The number of hydrogen-bond acceptors (Lipinski definition) is 10. The number of carbonyl (C=O) groups is 4. The third kappa shape index (κ3) is 6.54. The Kier molecular flexibility index (Phi) is 9.52. The number of carbonyl (C=O) groups excluding carboxylic acids is 4. The van der Waals surface area contributed by atoms with E-state index in [4.69, 9.17) is 21.3 Å². The number of hydrogen-bond donors (Lipinski definition) is 0. The van der Waals surface area contributed by atoms with E-state index in [0.717, 1.165) is 67.2 Å². The van der Waals surface area contributed by atoms with Crippen molar-refractivity contribution in [1.29, 1.82) is 0 Å². The number of rotatable bonds is 8. The van der Waals surface area contributed by atoms with E-state index >= 15 is 0 Å². The molecule has 2 aliphatic heterocycles. The number of pyridine rings is 1. The van der Waals surface area contributed by atoms with Crippen molar-refractivity contribution in [3.8, 4) is 22.6 Å². The molecule has 1 aliphatic carbocycles. The first-order valence-electron chi connectivity index (χ1n) is 17.7. The molecule has 5 aromatic rings. The summed E-state index contributed by atoms with van der Waals surface area (Å²) >= 11 is 7.78. The zero-order chi connectivity index (χ0) is 37.5. The van der Waals surface area contributed by atoms with Crippen LogP contribution < -0.4 is 4.74 Å². The second-order valence-corrected chi connectivity index (χ2v) is 14.8. The Labute approximate surface area is 320 Å². The highest BCUT2D eigenvalue weighted by Crippen LogP contribution is 2.37. The van der Waals surface area contributed by atoms with Crippen LogP contribution in [-0.4, -0.2) is 66.4 Å². The molecule has 54 heavy (non-hydrogen) atoms. The number of ketones is 2. The lowest BCUT2D eigenvalue weighted by molar-refractivity contribution is -0.132. The molecule has 2 amide bonds. The van der Waals surface area contributed by atoms with E-state index in [0.29, 0.717) is 36.0 Å². The number of fused-ring (bicyclic) bond motifs is 4. The molecule has 0 saturated heterocycles. The van der Waals surface area contributed by atoms with E-state index in [1.807, 2.05) is 49.5 Å². The molecule has 13 heteroatoms. The van der Waals surface area contributed by atoms with E-state index < -0.39 is 23.6 Å². The van der Waals surface area contributed by atoms with Crippen LogP contribution in [-0.2, 0) is 22.6 Å². The second kappa shape index (κ2) is 14.6. The molecule has 3 aliphatic rings. The van der Waals surface area contributed by atoms with Crippen molar-refractivity contribution in [1.82, 2.24) is 24.6 Å². The average Bonchev–Trinajstić information content (AvgIpc) is 3.73. The van der Waals surface area contributed by atoms with Crippen LogP contribution in [0.25, 0.3) is 5.00 Å². The average molecular weight is 757 g/mol. The quantitative estimate of drug-likeness (QED) is 0.0765. The van der Waals surface area contributed by atoms with Crippen molar-refractivity contribution in [2.75, 3.05) is 6.61 Å². The van der Waals surface area contributed by atoms with Crippen molar-refractivity contribution >= 4 is 52.0 Å². The van der Waals surface area contributed by atoms with Gasteiger partial charge in [-0.15, -0.1) is 21.5 Å². The van der Waals surface area contributed by atoms with Gasteiger partial charge in [0.2, 0.25) is 0 Å². The fourth-order valence-corrected chi connectivity index (χ4v) is 8.44. The molecule has 0 bridgehead atoms. The number of nitrogens with zero attached hydrogens (tertiary/aromatic N) is 6. The summed E-state index contributed by atoms with van der Waals surface area (Å²) in [7, 11) is 0. The van der Waals surface area contributed by atoms with Crippen LogP contribution in [0.2, 0.25) is 5.02 Å². The first-order valence-corrected chi connectivity index (χ1v) is 18.9. The molecule has 2 aromatic carbocycles. The number of Topliss-reactive ketones (excluding diaryl/α,β-unsaturated/α-hetero) is 2. The molecule has 11 nitrogen and oxygen atoms in total. The second-order valence-electron chi connectivity index (χ2n) is 13.4. The van der Waals surface area contributed by atoms with Crippen molar-refractivity contribution in [2.24, 2.45) is 4.99 Å². The van der Waals surface area contributed by atoms with E-state index in [1.54, 1.807) is 29.5 Å². The molecule has 1 unspecified atom stereocenters. The zero-order valence-electron chi connectivity index (χ0n) is 29.5. The van der Waals surface area contributed by atoms with Gasteiger partial charge in [0.15, 0.2) is 11.6 Å². The summed E-state index contributed by atoms with van der Waals surface area (Å²) in [6.07, 6.45) is 4.21. The van der Waals surface area contributed by atoms with Crippen LogP contribution in [0.1, 0.15) is 97.3 Å². The molecule has 3 aromatic heterocycles. The largest absolute Gasteiger partial charge is 0.493 e. The Morgan fingerprint density at radius 3 is 2.56 bits per heavy atom. The van der Waals surface area contributed by atoms with Gasteiger partial charge >= 0.3 is 0 Å². The number of aryl methyl sites for hydroxylation is 2. The summed E-state index contributed by atoms with van der Waals surface area (Å²) in [5.74, 6) is 6.85. The molecule has 0 N–H and O–H groups in total. The van der Waals surface area contributed by atoms with Crippen molar-refractivity contribution in [3.63, 3.8) is 0 Å². The lowest BCUT2D eigenvalue weighted by Crippen LogP contribution is -2.47. The van der Waals surface area contributed by atoms with Crippen molar-refractivity contribution in [3.05, 3.63) is 121 Å². The minimum Gasteiger partial charge on any atom is -0.493 e. The topological polar surface area (TPSA) is 137 Å². The van der Waals surface area contributed by atoms with E-state index in [1.165, 1.54) is 0 Å². The third-order valence-electron chi connectivity index (χ3n) is 9.86. The van der Waals surface area contributed by atoms with E-state index in [-0.39, 0.29) is 36.2 Å². The lowest BCUT2D eigenvalue weighted by atomic mass is 9.92. The van der Waals surface area contributed by atoms with Gasteiger partial charge in [-0.1, -0.05) is 35.9 Å². The number of amides is 2. The highest BCUT2D eigenvalue weighted by molar-refractivity contribution is 7.15. The molecule has 1 saturated carbocycles. The van der Waals surface area contributed by atoms with Crippen LogP contribution in [0, 0.1) is 25.7 Å². The van der Waals surface area contributed by atoms with Gasteiger partial charge in [-0.25, -0.2) is 4.98 Å². The number of aromatic nitrogens is 4. The van der Waals surface area contributed by atoms with Gasteiger partial charge in [-0.3, -0.25) is 33.6 Å². The number of imide groups is 1. The maximum atomic E-state index is 13.3. The summed E-state index contributed by atoms with van der Waals surface area (Å²) in [5.41, 5.74) is 5.99. The van der Waals surface area contributed by atoms with Crippen LogP contribution in [0.4, 0.5) is 0 Å². The molecule has 1 fully saturated rings. The molecule has 0 radical (unpaired) electrons. The summed E-state index contributed by atoms with van der Waals surface area (Å²) in [6.45, 7) is 4.76. The van der Waals surface area contributed by atoms with Gasteiger partial charge in [0.1, 0.15) is 34.6 Å². The highest BCUT2D eigenvalue weighted by Gasteiger charge is 2.45. The highest BCUT2D eigenvalue weighted by atomic mass is 35.5. The van der Waals surface area contributed by atoms with Gasteiger partial charge in [0, 0.05) is 28.8 Å². The van der Waals surface area contributed by atoms with E-state index in [2.05, 4.69) is 38.5 Å². The van der Waals surface area contributed by atoms with Gasteiger partial charge in [0.05, 0.1) is 40.8 Å². The number of ether oxygens (including phenoxy) is 1. The molecule has 5 heterocycles. The molecular weight excluding hydrogens is 724 g/mol. The van der Waals surface area contributed by atoms with Crippen LogP contribution in [0.3, 0.4) is 0 Å². The molecule has 8 rings (SSSR count). The Bertz CT molecular complexity index is 2460. The Hall–Kier alpha value is -5.77. The predicted octanol–water partition coefficient (Wildman–Crippen LogP) is 6.43. The zero-order valence-corrected chi connectivity index (χ0v) is 31.1. The molecule has 1 atom stereocenters. The fourth-order valence-electron chi connectivity index (χ4n) is 7.09. The summed E-state index contributed by atoms with van der Waals surface area (Å²) in [5, 5.41) is 10.3. The van der Waals surface area contributed by atoms with Crippen LogP contribution in [0.15, 0.2) is 65.8 Å². The van der Waals surface area contributed by atoms with Crippen molar-refractivity contribution in [2.45, 2.75) is 65.0 Å². The van der Waals surface area contributed by atoms with Gasteiger partial charge in [-0.05, 0) is 92.8 Å². The summed E-state index contributed by atoms with van der Waals surface area (Å²) in [6, 6.07) is 15.6. The lowest BCUT2D eigenvalue weighted by Gasteiger charge is -2.27. The molecule has 270 valence electrons. The third-order valence-corrected chi connectivity index (χ3v) is 11.3.